The van der Waals surface area contributed by atoms with E-state index in [1.807, 2.05) is 56.5 Å². The Morgan fingerprint density at radius 1 is 1.07 bits per heavy atom. The lowest BCUT2D eigenvalue weighted by molar-refractivity contribution is -0.143. The van der Waals surface area contributed by atoms with E-state index in [0.717, 1.165) is 46.7 Å². The Balaban J connectivity index is 1.32. The fourth-order valence-corrected chi connectivity index (χ4v) is 5.22. The third-order valence-corrected chi connectivity index (χ3v) is 7.35. The van der Waals surface area contributed by atoms with Crippen LogP contribution in [0.4, 0.5) is 4.79 Å². The summed E-state index contributed by atoms with van der Waals surface area (Å²) in [5.41, 5.74) is 1.09. The van der Waals surface area contributed by atoms with Gasteiger partial charge in [-0.05, 0) is 45.2 Å². The molecule has 0 bridgehead atoms. The highest BCUT2D eigenvalue weighted by molar-refractivity contribution is 7.13. The van der Waals surface area contributed by atoms with Crippen molar-refractivity contribution in [3.8, 4) is 16.3 Å². The van der Waals surface area contributed by atoms with E-state index in [0.29, 0.717) is 25.4 Å². The molecule has 4 rings (SSSR count). The summed E-state index contributed by atoms with van der Waals surface area (Å²) in [7, 11) is 0. The van der Waals surface area contributed by atoms with Gasteiger partial charge in [-0.15, -0.1) is 11.3 Å². The summed E-state index contributed by atoms with van der Waals surface area (Å²) in [5, 5.41) is 7.27. The first-order valence-corrected chi connectivity index (χ1v) is 14.7. The average Bonchev–Trinajstić information content (AvgIpc) is 3.40. The molecule has 2 aromatic carbocycles. The smallest absolute Gasteiger partial charge is 0.410 e. The van der Waals surface area contributed by atoms with Crippen LogP contribution in [0.15, 0.2) is 41.8 Å². The third-order valence-electron chi connectivity index (χ3n) is 6.41. The van der Waals surface area contributed by atoms with E-state index in [4.69, 9.17) is 14.2 Å². The van der Waals surface area contributed by atoms with Gasteiger partial charge in [-0.2, -0.15) is 0 Å². The van der Waals surface area contributed by atoms with Crippen LogP contribution < -0.4 is 10.1 Å². The number of nitrogens with zero attached hydrogens (tertiary/aromatic N) is 3. The molecule has 0 atom stereocenters. The van der Waals surface area contributed by atoms with Gasteiger partial charge in [0, 0.05) is 49.1 Å². The SMILES string of the molecule is CCOC(=O)CNC(=O)Cc1csc(-c2ccc3cccc(OCCN4CCN(C(=O)OC(C)(C)C)CC4)c3c2)n1. The van der Waals surface area contributed by atoms with Crippen molar-refractivity contribution in [3.05, 3.63) is 47.5 Å². The molecule has 10 nitrogen and oxygen atoms in total. The minimum Gasteiger partial charge on any atom is -0.492 e. The van der Waals surface area contributed by atoms with Gasteiger partial charge < -0.3 is 24.4 Å². The van der Waals surface area contributed by atoms with Gasteiger partial charge in [0.1, 0.15) is 29.5 Å². The van der Waals surface area contributed by atoms with E-state index >= 15 is 0 Å². The lowest BCUT2D eigenvalue weighted by Gasteiger charge is -2.35. The lowest BCUT2D eigenvalue weighted by Crippen LogP contribution is -2.50. The molecule has 1 aliphatic rings. The third kappa shape index (κ3) is 8.89. The van der Waals surface area contributed by atoms with E-state index in [1.165, 1.54) is 11.3 Å². The molecule has 220 valence electrons. The topological polar surface area (TPSA) is 110 Å². The number of esters is 1. The van der Waals surface area contributed by atoms with E-state index < -0.39 is 11.6 Å². The molecule has 0 spiro atoms. The largest absolute Gasteiger partial charge is 0.492 e. The van der Waals surface area contributed by atoms with Crippen LogP contribution in [0.25, 0.3) is 21.3 Å². The van der Waals surface area contributed by atoms with Gasteiger partial charge >= 0.3 is 12.1 Å². The molecular formula is C30H38N4O6S. The summed E-state index contributed by atoms with van der Waals surface area (Å²) in [6, 6.07) is 12.1. The van der Waals surface area contributed by atoms with Gasteiger partial charge in [0.15, 0.2) is 0 Å². The molecule has 41 heavy (non-hydrogen) atoms. The van der Waals surface area contributed by atoms with Crippen LogP contribution in [0.3, 0.4) is 0 Å². The summed E-state index contributed by atoms with van der Waals surface area (Å²) < 4.78 is 16.5. The van der Waals surface area contributed by atoms with Gasteiger partial charge in [-0.25, -0.2) is 9.78 Å². The number of carbonyl (C=O) groups excluding carboxylic acids is 3. The molecule has 0 saturated carbocycles. The Morgan fingerprint density at radius 2 is 1.85 bits per heavy atom. The molecule has 1 saturated heterocycles. The van der Waals surface area contributed by atoms with Gasteiger partial charge in [-0.3, -0.25) is 14.5 Å². The molecule has 11 heteroatoms. The van der Waals surface area contributed by atoms with Crippen molar-refractivity contribution in [2.24, 2.45) is 0 Å². The predicted molar refractivity (Wildman–Crippen MR) is 158 cm³/mol. The summed E-state index contributed by atoms with van der Waals surface area (Å²) in [6.45, 7) is 11.6. The molecule has 1 aromatic heterocycles. The summed E-state index contributed by atoms with van der Waals surface area (Å²) in [6.07, 6.45) is -0.172. The fraction of sp³-hybridized carbons (Fsp3) is 0.467. The van der Waals surface area contributed by atoms with Crippen molar-refractivity contribution in [3.63, 3.8) is 0 Å². The standard InChI is InChI=1S/C30H38N4O6S/c1-5-38-27(36)19-31-26(35)18-23-20-41-28(32-23)22-10-9-21-7-6-8-25(24(21)17-22)39-16-15-33-11-13-34(14-12-33)29(37)40-30(2,3)4/h6-10,17,20H,5,11-16,18-19H2,1-4H3,(H,31,35). The van der Waals surface area contributed by atoms with Crippen LogP contribution in [0.1, 0.15) is 33.4 Å². The number of ether oxygens (including phenoxy) is 3. The highest BCUT2D eigenvalue weighted by Gasteiger charge is 2.25. The van der Waals surface area contributed by atoms with Crippen LogP contribution in [-0.4, -0.2) is 90.8 Å². The zero-order chi connectivity index (χ0) is 29.4. The molecule has 2 amide bonds. The number of fused-ring (bicyclic) bond motifs is 1. The van der Waals surface area contributed by atoms with Gasteiger partial charge in [-0.1, -0.05) is 24.3 Å². The molecule has 1 aliphatic heterocycles. The van der Waals surface area contributed by atoms with Crippen LogP contribution in [0.2, 0.25) is 0 Å². The molecule has 2 heterocycles. The molecule has 1 fully saturated rings. The number of hydrogen-bond donors (Lipinski definition) is 1. The van der Waals surface area contributed by atoms with Gasteiger partial charge in [0.25, 0.3) is 0 Å². The average molecular weight is 583 g/mol. The molecule has 0 aliphatic carbocycles. The second-order valence-corrected chi connectivity index (χ2v) is 11.6. The van der Waals surface area contributed by atoms with E-state index in [2.05, 4.69) is 21.3 Å². The molecule has 1 N–H and O–H groups in total. The summed E-state index contributed by atoms with van der Waals surface area (Å²) in [5.74, 6) is 0.0528. The quantitative estimate of drug-likeness (QED) is 0.356. The normalized spacial score (nSPS) is 14.1. The Kier molecular flexibility index (Phi) is 10.2. The Bertz CT molecular complexity index is 1360. The Hall–Kier alpha value is -3.70. The fourth-order valence-electron chi connectivity index (χ4n) is 4.40. The maximum atomic E-state index is 12.3. The van der Waals surface area contributed by atoms with Gasteiger partial charge in [0.05, 0.1) is 18.7 Å². The van der Waals surface area contributed by atoms with E-state index in [-0.39, 0.29) is 31.6 Å². The van der Waals surface area contributed by atoms with Gasteiger partial charge in [0.2, 0.25) is 5.91 Å². The molecule has 0 unspecified atom stereocenters. The maximum absolute atomic E-state index is 12.3. The molecule has 0 radical (unpaired) electrons. The number of aromatic nitrogens is 1. The predicted octanol–water partition coefficient (Wildman–Crippen LogP) is 4.12. The summed E-state index contributed by atoms with van der Waals surface area (Å²) >= 11 is 1.47. The van der Waals surface area contributed by atoms with Crippen molar-refractivity contribution in [1.82, 2.24) is 20.1 Å². The second-order valence-electron chi connectivity index (χ2n) is 10.8. The number of benzene rings is 2. The van der Waals surface area contributed by atoms with Crippen molar-refractivity contribution in [1.29, 1.82) is 0 Å². The van der Waals surface area contributed by atoms with E-state index in [9.17, 15) is 14.4 Å². The number of rotatable bonds is 10. The minimum absolute atomic E-state index is 0.0872. The molecular weight excluding hydrogens is 544 g/mol. The minimum atomic E-state index is -0.495. The monoisotopic (exact) mass is 582 g/mol. The number of amides is 2. The number of hydrogen-bond acceptors (Lipinski definition) is 9. The number of piperazine rings is 1. The van der Waals surface area contributed by atoms with Crippen LogP contribution >= 0.6 is 11.3 Å². The number of carbonyl (C=O) groups is 3. The Labute approximate surface area is 244 Å². The first-order chi connectivity index (χ1) is 19.6. The number of nitrogens with one attached hydrogen (secondary N) is 1. The first-order valence-electron chi connectivity index (χ1n) is 13.8. The van der Waals surface area contributed by atoms with Crippen molar-refractivity contribution < 1.29 is 28.6 Å². The zero-order valence-electron chi connectivity index (χ0n) is 24.1. The highest BCUT2D eigenvalue weighted by atomic mass is 32.1. The summed E-state index contributed by atoms with van der Waals surface area (Å²) in [4.78, 5) is 44.7. The van der Waals surface area contributed by atoms with E-state index in [1.54, 1.807) is 11.8 Å². The lowest BCUT2D eigenvalue weighted by atomic mass is 10.1. The van der Waals surface area contributed by atoms with Crippen molar-refractivity contribution >= 4 is 40.1 Å². The maximum Gasteiger partial charge on any atom is 0.410 e. The highest BCUT2D eigenvalue weighted by Crippen LogP contribution is 2.32. The first kappa shape index (κ1) is 30.3. The van der Waals surface area contributed by atoms with Crippen molar-refractivity contribution in [2.75, 3.05) is 52.5 Å². The van der Waals surface area contributed by atoms with Crippen molar-refractivity contribution in [2.45, 2.75) is 39.7 Å². The zero-order valence-corrected chi connectivity index (χ0v) is 24.9. The van der Waals surface area contributed by atoms with Crippen LogP contribution in [0, 0.1) is 0 Å². The van der Waals surface area contributed by atoms with Crippen LogP contribution in [0.5, 0.6) is 5.75 Å². The van der Waals surface area contributed by atoms with Crippen LogP contribution in [-0.2, 0) is 25.5 Å². The second kappa shape index (κ2) is 13.8. The Morgan fingerprint density at radius 3 is 2.59 bits per heavy atom. The number of thiazole rings is 1. The molecule has 3 aromatic rings.